The van der Waals surface area contributed by atoms with Crippen molar-refractivity contribution >= 4 is 16.7 Å². The second-order valence-corrected chi connectivity index (χ2v) is 4.89. The van der Waals surface area contributed by atoms with Crippen LogP contribution in [0.5, 0.6) is 5.75 Å². The highest BCUT2D eigenvalue weighted by Crippen LogP contribution is 2.23. The van der Waals surface area contributed by atoms with Gasteiger partial charge in [0.05, 0.1) is 12.6 Å². The zero-order chi connectivity index (χ0) is 14.8. The molecule has 3 rings (SSSR count). The SMILES string of the molecule is COc1ccc(C(=O)c2cccc3ncccc23)cc1C. The molecule has 2 aromatic carbocycles. The average molecular weight is 277 g/mol. The molecule has 0 saturated heterocycles. The van der Waals surface area contributed by atoms with E-state index < -0.39 is 0 Å². The number of nitrogens with zero attached hydrogens (tertiary/aromatic N) is 1. The number of rotatable bonds is 3. The van der Waals surface area contributed by atoms with Gasteiger partial charge in [-0.25, -0.2) is 0 Å². The second kappa shape index (κ2) is 5.37. The van der Waals surface area contributed by atoms with E-state index in [0.717, 1.165) is 22.2 Å². The summed E-state index contributed by atoms with van der Waals surface area (Å²) in [7, 11) is 1.63. The van der Waals surface area contributed by atoms with E-state index in [0.29, 0.717) is 11.1 Å². The monoisotopic (exact) mass is 277 g/mol. The lowest BCUT2D eigenvalue weighted by atomic mass is 9.98. The summed E-state index contributed by atoms with van der Waals surface area (Å²) in [6, 6.07) is 14.9. The first kappa shape index (κ1) is 13.3. The largest absolute Gasteiger partial charge is 0.496 e. The number of pyridine rings is 1. The summed E-state index contributed by atoms with van der Waals surface area (Å²) in [5.74, 6) is 0.783. The van der Waals surface area contributed by atoms with Gasteiger partial charge >= 0.3 is 0 Å². The van der Waals surface area contributed by atoms with Crippen LogP contribution in [0.2, 0.25) is 0 Å². The van der Waals surface area contributed by atoms with Gasteiger partial charge in [-0.3, -0.25) is 9.78 Å². The van der Waals surface area contributed by atoms with Crippen LogP contribution >= 0.6 is 0 Å². The van der Waals surface area contributed by atoms with Gasteiger partial charge in [0, 0.05) is 22.7 Å². The second-order valence-electron chi connectivity index (χ2n) is 4.89. The van der Waals surface area contributed by atoms with E-state index in [1.807, 2.05) is 49.4 Å². The highest BCUT2D eigenvalue weighted by Gasteiger charge is 2.13. The zero-order valence-electron chi connectivity index (χ0n) is 12.0. The van der Waals surface area contributed by atoms with Crippen LogP contribution in [0.4, 0.5) is 0 Å². The van der Waals surface area contributed by atoms with Gasteiger partial charge in [-0.1, -0.05) is 18.2 Å². The fraction of sp³-hybridized carbons (Fsp3) is 0.111. The van der Waals surface area contributed by atoms with Crippen molar-refractivity contribution in [3.8, 4) is 5.75 Å². The zero-order valence-corrected chi connectivity index (χ0v) is 12.0. The van der Waals surface area contributed by atoms with Crippen molar-refractivity contribution < 1.29 is 9.53 Å². The number of benzene rings is 2. The maximum atomic E-state index is 12.7. The molecule has 0 aliphatic carbocycles. The van der Waals surface area contributed by atoms with Crippen molar-refractivity contribution in [2.24, 2.45) is 0 Å². The molecule has 0 spiro atoms. The first-order valence-electron chi connectivity index (χ1n) is 6.74. The van der Waals surface area contributed by atoms with Crippen LogP contribution in [0.15, 0.2) is 54.7 Å². The minimum absolute atomic E-state index is 0.000599. The predicted octanol–water partition coefficient (Wildman–Crippen LogP) is 3.78. The van der Waals surface area contributed by atoms with Gasteiger partial charge in [0.25, 0.3) is 0 Å². The Morgan fingerprint density at radius 3 is 2.71 bits per heavy atom. The lowest BCUT2D eigenvalue weighted by molar-refractivity contribution is 0.104. The third-order valence-electron chi connectivity index (χ3n) is 3.55. The first-order chi connectivity index (χ1) is 10.2. The van der Waals surface area contributed by atoms with Crippen molar-refractivity contribution in [3.63, 3.8) is 0 Å². The van der Waals surface area contributed by atoms with E-state index in [-0.39, 0.29) is 5.78 Å². The van der Waals surface area contributed by atoms with E-state index in [9.17, 15) is 4.79 Å². The number of carbonyl (C=O) groups is 1. The summed E-state index contributed by atoms with van der Waals surface area (Å²) >= 11 is 0. The van der Waals surface area contributed by atoms with Crippen LogP contribution in [0.1, 0.15) is 21.5 Å². The highest BCUT2D eigenvalue weighted by atomic mass is 16.5. The molecule has 1 aromatic heterocycles. The smallest absolute Gasteiger partial charge is 0.193 e. The third-order valence-corrected chi connectivity index (χ3v) is 3.55. The quantitative estimate of drug-likeness (QED) is 0.684. The molecule has 0 atom stereocenters. The molecule has 3 heteroatoms. The minimum Gasteiger partial charge on any atom is -0.496 e. The Bertz CT molecular complexity index is 819. The maximum Gasteiger partial charge on any atom is 0.193 e. The van der Waals surface area contributed by atoms with Crippen LogP contribution in [0.3, 0.4) is 0 Å². The molecule has 0 radical (unpaired) electrons. The van der Waals surface area contributed by atoms with Crippen LogP contribution in [0.25, 0.3) is 10.9 Å². The first-order valence-corrected chi connectivity index (χ1v) is 6.74. The number of hydrogen-bond donors (Lipinski definition) is 0. The van der Waals surface area contributed by atoms with Gasteiger partial charge < -0.3 is 4.74 Å². The third kappa shape index (κ3) is 2.38. The minimum atomic E-state index is -0.000599. The molecule has 0 aliphatic heterocycles. The summed E-state index contributed by atoms with van der Waals surface area (Å²) in [5, 5.41) is 0.874. The van der Waals surface area contributed by atoms with E-state index in [2.05, 4.69) is 4.98 Å². The molecule has 0 unspecified atom stereocenters. The summed E-state index contributed by atoms with van der Waals surface area (Å²) in [4.78, 5) is 17.0. The molecule has 0 amide bonds. The van der Waals surface area contributed by atoms with E-state index in [4.69, 9.17) is 4.74 Å². The number of ketones is 1. The Morgan fingerprint density at radius 1 is 1.10 bits per heavy atom. The molecule has 0 N–H and O–H groups in total. The highest BCUT2D eigenvalue weighted by molar-refractivity contribution is 6.16. The maximum absolute atomic E-state index is 12.7. The molecule has 104 valence electrons. The van der Waals surface area contributed by atoms with Crippen LogP contribution < -0.4 is 4.74 Å². The molecule has 0 bridgehead atoms. The fourth-order valence-corrected chi connectivity index (χ4v) is 2.48. The molecule has 0 fully saturated rings. The Hall–Kier alpha value is -2.68. The standard InChI is InChI=1S/C18H15NO2/c1-12-11-13(8-9-17(12)21-2)18(20)15-5-3-7-16-14(15)6-4-10-19-16/h3-11H,1-2H3. The Balaban J connectivity index is 2.10. The number of aryl methyl sites for hydroxylation is 1. The predicted molar refractivity (Wildman–Crippen MR) is 82.9 cm³/mol. The Morgan fingerprint density at radius 2 is 1.95 bits per heavy atom. The van der Waals surface area contributed by atoms with Crippen molar-refractivity contribution in [1.29, 1.82) is 0 Å². The van der Waals surface area contributed by atoms with Crippen molar-refractivity contribution in [2.75, 3.05) is 7.11 Å². The van der Waals surface area contributed by atoms with Crippen LogP contribution in [-0.2, 0) is 0 Å². The van der Waals surface area contributed by atoms with E-state index >= 15 is 0 Å². The number of methoxy groups -OCH3 is 1. The molecule has 1 heterocycles. The topological polar surface area (TPSA) is 39.2 Å². The molecule has 0 aliphatic rings. The fourth-order valence-electron chi connectivity index (χ4n) is 2.48. The van der Waals surface area contributed by atoms with E-state index in [1.54, 1.807) is 19.4 Å². The lowest BCUT2D eigenvalue weighted by Crippen LogP contribution is -2.03. The van der Waals surface area contributed by atoms with Crippen LogP contribution in [0, 0.1) is 6.92 Å². The number of hydrogen-bond acceptors (Lipinski definition) is 3. The lowest BCUT2D eigenvalue weighted by Gasteiger charge is -2.08. The van der Waals surface area contributed by atoms with Gasteiger partial charge in [-0.15, -0.1) is 0 Å². The molecular weight excluding hydrogens is 262 g/mol. The molecular formula is C18H15NO2. The normalized spacial score (nSPS) is 10.6. The summed E-state index contributed by atoms with van der Waals surface area (Å²) in [6.07, 6.45) is 1.73. The summed E-state index contributed by atoms with van der Waals surface area (Å²) < 4.78 is 5.23. The van der Waals surface area contributed by atoms with Gasteiger partial charge in [0.15, 0.2) is 5.78 Å². The molecule has 3 nitrogen and oxygen atoms in total. The van der Waals surface area contributed by atoms with Gasteiger partial charge in [-0.2, -0.15) is 0 Å². The van der Waals surface area contributed by atoms with Crippen molar-refractivity contribution in [2.45, 2.75) is 6.92 Å². The van der Waals surface area contributed by atoms with Crippen molar-refractivity contribution in [1.82, 2.24) is 4.98 Å². The van der Waals surface area contributed by atoms with Gasteiger partial charge in [0.2, 0.25) is 0 Å². The van der Waals surface area contributed by atoms with Crippen LogP contribution in [-0.4, -0.2) is 17.9 Å². The number of carbonyl (C=O) groups excluding carboxylic acids is 1. The number of ether oxygens (including phenoxy) is 1. The summed E-state index contributed by atoms with van der Waals surface area (Å²) in [5.41, 5.74) is 3.10. The molecule has 0 saturated carbocycles. The molecule has 3 aromatic rings. The average Bonchev–Trinajstić information content (AvgIpc) is 2.53. The number of aromatic nitrogens is 1. The number of fused-ring (bicyclic) bond motifs is 1. The Kier molecular flexibility index (Phi) is 3.40. The Labute approximate surface area is 123 Å². The molecule has 21 heavy (non-hydrogen) atoms. The van der Waals surface area contributed by atoms with Gasteiger partial charge in [-0.05, 0) is 42.8 Å². The van der Waals surface area contributed by atoms with E-state index in [1.165, 1.54) is 0 Å². The summed E-state index contributed by atoms with van der Waals surface area (Å²) in [6.45, 7) is 1.93. The van der Waals surface area contributed by atoms with Crippen molar-refractivity contribution in [3.05, 3.63) is 71.4 Å². The van der Waals surface area contributed by atoms with Gasteiger partial charge in [0.1, 0.15) is 5.75 Å².